The summed E-state index contributed by atoms with van der Waals surface area (Å²) in [5, 5.41) is 0.586. The van der Waals surface area contributed by atoms with E-state index >= 15 is 0 Å². The lowest BCUT2D eigenvalue weighted by atomic mass is 10.1. The summed E-state index contributed by atoms with van der Waals surface area (Å²) in [6, 6.07) is 10.1. The number of halogens is 2. The van der Waals surface area contributed by atoms with E-state index in [9.17, 15) is 8.42 Å². The van der Waals surface area contributed by atoms with E-state index in [0.29, 0.717) is 5.02 Å². The van der Waals surface area contributed by atoms with E-state index in [-0.39, 0.29) is 10.3 Å². The van der Waals surface area contributed by atoms with Gasteiger partial charge in [-0.1, -0.05) is 23.7 Å². The van der Waals surface area contributed by atoms with Gasteiger partial charge in [0.2, 0.25) is 0 Å². The Labute approximate surface area is 129 Å². The number of hydrogen-bond donors (Lipinski definition) is 1. The van der Waals surface area contributed by atoms with Gasteiger partial charge in [0.05, 0.1) is 3.79 Å². The van der Waals surface area contributed by atoms with Crippen LogP contribution in [0, 0.1) is 0 Å². The quantitative estimate of drug-likeness (QED) is 0.864. The lowest BCUT2D eigenvalue weighted by molar-refractivity contribution is 0.569. The second-order valence-electron chi connectivity index (χ2n) is 3.96. The molecule has 0 saturated heterocycles. The van der Waals surface area contributed by atoms with Crippen LogP contribution in [0.4, 0.5) is 0 Å². The van der Waals surface area contributed by atoms with Crippen molar-refractivity contribution in [2.45, 2.75) is 17.2 Å². The first-order valence-electron chi connectivity index (χ1n) is 5.41. The highest BCUT2D eigenvalue weighted by atomic mass is 79.9. The molecule has 0 radical (unpaired) electrons. The molecule has 0 saturated carbocycles. The molecule has 7 heteroatoms. The predicted octanol–water partition coefficient (Wildman–Crippen LogP) is 4.20. The molecule has 0 aliphatic rings. The Morgan fingerprint density at radius 1 is 1.32 bits per heavy atom. The SMILES string of the molecule is C[C@H](NS(=O)(=O)c1ccc(Br)s1)c1cccc(Cl)c1. The van der Waals surface area contributed by atoms with E-state index in [0.717, 1.165) is 9.35 Å². The van der Waals surface area contributed by atoms with Crippen molar-refractivity contribution in [1.29, 1.82) is 0 Å². The molecule has 0 aliphatic carbocycles. The van der Waals surface area contributed by atoms with Crippen LogP contribution in [0.1, 0.15) is 18.5 Å². The summed E-state index contributed by atoms with van der Waals surface area (Å²) >= 11 is 10.3. The van der Waals surface area contributed by atoms with E-state index < -0.39 is 10.0 Å². The van der Waals surface area contributed by atoms with Crippen LogP contribution in [0.15, 0.2) is 44.4 Å². The Kier molecular flexibility index (Phi) is 4.68. The maximum Gasteiger partial charge on any atom is 0.250 e. The number of hydrogen-bond acceptors (Lipinski definition) is 3. The van der Waals surface area contributed by atoms with E-state index in [1.807, 2.05) is 6.07 Å². The highest BCUT2D eigenvalue weighted by molar-refractivity contribution is 9.11. The average Bonchev–Trinajstić information content (AvgIpc) is 2.76. The molecular formula is C12H11BrClNO2S2. The Hall–Kier alpha value is -0.400. The van der Waals surface area contributed by atoms with Crippen molar-refractivity contribution in [2.75, 3.05) is 0 Å². The Bertz CT molecular complexity index is 685. The topological polar surface area (TPSA) is 46.2 Å². The first-order valence-corrected chi connectivity index (χ1v) is 8.89. The molecule has 0 unspecified atom stereocenters. The van der Waals surface area contributed by atoms with Crippen LogP contribution in [0.3, 0.4) is 0 Å². The smallest absolute Gasteiger partial charge is 0.206 e. The third kappa shape index (κ3) is 3.79. The van der Waals surface area contributed by atoms with E-state index in [1.54, 1.807) is 37.3 Å². The monoisotopic (exact) mass is 379 g/mol. The standard InChI is InChI=1S/C12H11BrClNO2S2/c1-8(9-3-2-4-10(14)7-9)15-19(16,17)12-6-5-11(13)18-12/h2-8,15H,1H3/t8-/m0/s1. The van der Waals surface area contributed by atoms with Crippen molar-refractivity contribution in [3.8, 4) is 0 Å². The molecule has 0 aliphatic heterocycles. The molecule has 1 aromatic carbocycles. The number of rotatable bonds is 4. The van der Waals surface area contributed by atoms with Crippen LogP contribution >= 0.6 is 38.9 Å². The summed E-state index contributed by atoms with van der Waals surface area (Å²) in [6.45, 7) is 1.78. The Morgan fingerprint density at radius 2 is 2.05 bits per heavy atom. The van der Waals surface area contributed by atoms with Crippen LogP contribution in [-0.2, 0) is 10.0 Å². The van der Waals surface area contributed by atoms with Crippen molar-refractivity contribution >= 4 is 48.9 Å². The minimum atomic E-state index is -3.50. The highest BCUT2D eigenvalue weighted by Crippen LogP contribution is 2.27. The van der Waals surface area contributed by atoms with Gasteiger partial charge in [0.15, 0.2) is 0 Å². The lowest BCUT2D eigenvalue weighted by Gasteiger charge is -2.14. The minimum absolute atomic E-state index is 0.285. The first kappa shape index (κ1) is 15.0. The second-order valence-corrected chi connectivity index (χ2v) is 8.80. The molecule has 1 atom stereocenters. The summed E-state index contributed by atoms with van der Waals surface area (Å²) < 4.78 is 28.0. The highest BCUT2D eigenvalue weighted by Gasteiger charge is 2.20. The number of benzene rings is 1. The Balaban J connectivity index is 2.21. The summed E-state index contributed by atoms with van der Waals surface area (Å²) in [7, 11) is -3.50. The zero-order valence-electron chi connectivity index (χ0n) is 9.93. The normalized spacial score (nSPS) is 13.4. The molecule has 102 valence electrons. The van der Waals surface area contributed by atoms with Gasteiger partial charge >= 0.3 is 0 Å². The lowest BCUT2D eigenvalue weighted by Crippen LogP contribution is -2.26. The molecule has 0 amide bonds. The van der Waals surface area contributed by atoms with E-state index in [1.165, 1.54) is 11.3 Å². The number of thiophene rings is 1. The molecule has 0 bridgehead atoms. The third-order valence-electron chi connectivity index (χ3n) is 2.49. The van der Waals surface area contributed by atoms with Crippen molar-refractivity contribution < 1.29 is 8.42 Å². The molecule has 1 N–H and O–H groups in total. The van der Waals surface area contributed by atoms with Gasteiger partial charge in [-0.15, -0.1) is 11.3 Å². The number of nitrogens with one attached hydrogen (secondary N) is 1. The molecule has 3 nitrogen and oxygen atoms in total. The summed E-state index contributed by atoms with van der Waals surface area (Å²) in [4.78, 5) is 0. The van der Waals surface area contributed by atoms with Crippen molar-refractivity contribution in [1.82, 2.24) is 4.72 Å². The molecule has 1 heterocycles. The third-order valence-corrected chi connectivity index (χ3v) is 6.39. The van der Waals surface area contributed by atoms with Gasteiger partial charge in [-0.05, 0) is 52.7 Å². The van der Waals surface area contributed by atoms with Crippen LogP contribution < -0.4 is 4.72 Å². The Morgan fingerprint density at radius 3 is 2.63 bits per heavy atom. The summed E-state index contributed by atoms with van der Waals surface area (Å²) in [5.41, 5.74) is 0.826. The fourth-order valence-electron chi connectivity index (χ4n) is 1.58. The van der Waals surface area contributed by atoms with Gasteiger partial charge in [0.1, 0.15) is 4.21 Å². The van der Waals surface area contributed by atoms with Crippen LogP contribution in [0.25, 0.3) is 0 Å². The van der Waals surface area contributed by atoms with Crippen LogP contribution in [0.2, 0.25) is 5.02 Å². The van der Waals surface area contributed by atoms with Gasteiger partial charge < -0.3 is 0 Å². The van der Waals surface area contributed by atoms with Gasteiger partial charge in [-0.2, -0.15) is 0 Å². The molecule has 19 heavy (non-hydrogen) atoms. The van der Waals surface area contributed by atoms with Crippen molar-refractivity contribution in [3.05, 3.63) is 50.8 Å². The zero-order valence-corrected chi connectivity index (χ0v) is 13.9. The van der Waals surface area contributed by atoms with E-state index in [4.69, 9.17) is 11.6 Å². The van der Waals surface area contributed by atoms with Crippen molar-refractivity contribution in [3.63, 3.8) is 0 Å². The maximum atomic E-state index is 12.2. The van der Waals surface area contributed by atoms with Gasteiger partial charge in [0.25, 0.3) is 10.0 Å². The largest absolute Gasteiger partial charge is 0.250 e. The van der Waals surface area contributed by atoms with Gasteiger partial charge in [-0.25, -0.2) is 13.1 Å². The molecule has 2 aromatic rings. The van der Waals surface area contributed by atoms with Crippen molar-refractivity contribution in [2.24, 2.45) is 0 Å². The molecule has 0 spiro atoms. The van der Waals surface area contributed by atoms with Gasteiger partial charge in [-0.3, -0.25) is 0 Å². The predicted molar refractivity (Wildman–Crippen MR) is 82.2 cm³/mol. The summed E-state index contributed by atoms with van der Waals surface area (Å²) in [5.74, 6) is 0. The number of sulfonamides is 1. The molecule has 0 fully saturated rings. The average molecular weight is 381 g/mol. The first-order chi connectivity index (χ1) is 8.88. The summed E-state index contributed by atoms with van der Waals surface area (Å²) in [6.07, 6.45) is 0. The molecular weight excluding hydrogens is 370 g/mol. The maximum absolute atomic E-state index is 12.2. The molecule has 1 aromatic heterocycles. The van der Waals surface area contributed by atoms with Crippen LogP contribution in [-0.4, -0.2) is 8.42 Å². The van der Waals surface area contributed by atoms with E-state index in [2.05, 4.69) is 20.7 Å². The fourth-order valence-corrected chi connectivity index (χ4v) is 5.03. The second kappa shape index (κ2) is 5.93. The molecule has 2 rings (SSSR count). The zero-order chi connectivity index (χ0) is 14.0. The minimum Gasteiger partial charge on any atom is -0.206 e. The van der Waals surface area contributed by atoms with Gasteiger partial charge in [0, 0.05) is 11.1 Å². The van der Waals surface area contributed by atoms with Crippen LogP contribution in [0.5, 0.6) is 0 Å². The fraction of sp³-hybridized carbons (Fsp3) is 0.167.